The lowest BCUT2D eigenvalue weighted by Gasteiger charge is -2.19. The highest BCUT2D eigenvalue weighted by molar-refractivity contribution is 6.31. The highest BCUT2D eigenvalue weighted by atomic mass is 35.5. The predicted octanol–water partition coefficient (Wildman–Crippen LogP) is 4.25. The smallest absolute Gasteiger partial charge is 0.407 e. The molecule has 0 saturated carbocycles. The number of carbonyl (C=O) groups is 3. The number of hydrogen-bond donors (Lipinski definition) is 2. The fourth-order valence-electron chi connectivity index (χ4n) is 3.25. The van der Waals surface area contributed by atoms with Crippen molar-refractivity contribution in [3.8, 4) is 5.75 Å². The van der Waals surface area contributed by atoms with E-state index in [-0.39, 0.29) is 18.3 Å². The molecular formula is C22H23ClN2O5. The SMILES string of the molecule is O=C1COc2ccc(C(=O)CCCCN(CCc3ccccc3Cl)C(=O)O)cc2N1. The Labute approximate surface area is 179 Å². The number of halogens is 1. The van der Waals surface area contributed by atoms with Gasteiger partial charge in [-0.3, -0.25) is 9.59 Å². The van der Waals surface area contributed by atoms with Crippen LogP contribution in [0.3, 0.4) is 0 Å². The molecule has 0 bridgehead atoms. The molecule has 0 atom stereocenters. The zero-order valence-corrected chi connectivity index (χ0v) is 17.2. The van der Waals surface area contributed by atoms with E-state index in [2.05, 4.69) is 5.32 Å². The first-order valence-electron chi connectivity index (χ1n) is 9.75. The fraction of sp³-hybridized carbons (Fsp3) is 0.318. The fourth-order valence-corrected chi connectivity index (χ4v) is 3.48. The van der Waals surface area contributed by atoms with Gasteiger partial charge in [-0.15, -0.1) is 0 Å². The summed E-state index contributed by atoms with van der Waals surface area (Å²) >= 11 is 6.13. The minimum Gasteiger partial charge on any atom is -0.482 e. The summed E-state index contributed by atoms with van der Waals surface area (Å²) in [7, 11) is 0. The minimum atomic E-state index is -0.987. The Hall–Kier alpha value is -3.06. The maximum absolute atomic E-state index is 12.4. The van der Waals surface area contributed by atoms with Gasteiger partial charge in [0, 0.05) is 30.1 Å². The van der Waals surface area contributed by atoms with Crippen LogP contribution in [0, 0.1) is 0 Å². The van der Waals surface area contributed by atoms with E-state index >= 15 is 0 Å². The van der Waals surface area contributed by atoms with Crippen molar-refractivity contribution in [1.29, 1.82) is 0 Å². The normalized spacial score (nSPS) is 12.5. The third-order valence-electron chi connectivity index (χ3n) is 4.90. The van der Waals surface area contributed by atoms with Gasteiger partial charge in [0.1, 0.15) is 5.75 Å². The number of anilines is 1. The highest BCUT2D eigenvalue weighted by Gasteiger charge is 2.18. The molecular weight excluding hydrogens is 408 g/mol. The molecule has 0 aromatic heterocycles. The van der Waals surface area contributed by atoms with Crippen LogP contribution in [-0.4, -0.2) is 47.5 Å². The Morgan fingerprint density at radius 3 is 2.70 bits per heavy atom. The maximum Gasteiger partial charge on any atom is 0.407 e. The molecule has 2 amide bonds. The van der Waals surface area contributed by atoms with E-state index in [9.17, 15) is 19.5 Å². The van der Waals surface area contributed by atoms with E-state index in [4.69, 9.17) is 16.3 Å². The Morgan fingerprint density at radius 1 is 1.13 bits per heavy atom. The number of unbranched alkanes of at least 4 members (excludes halogenated alkanes) is 1. The van der Waals surface area contributed by atoms with Crippen molar-refractivity contribution in [2.24, 2.45) is 0 Å². The van der Waals surface area contributed by atoms with Gasteiger partial charge >= 0.3 is 6.09 Å². The number of ketones is 1. The second-order valence-corrected chi connectivity index (χ2v) is 7.45. The van der Waals surface area contributed by atoms with Crippen molar-refractivity contribution < 1.29 is 24.2 Å². The van der Waals surface area contributed by atoms with Gasteiger partial charge in [-0.1, -0.05) is 29.8 Å². The number of ether oxygens (including phenoxy) is 1. The average Bonchev–Trinajstić information content (AvgIpc) is 2.73. The van der Waals surface area contributed by atoms with Crippen LogP contribution in [0.5, 0.6) is 5.75 Å². The van der Waals surface area contributed by atoms with E-state index < -0.39 is 6.09 Å². The van der Waals surface area contributed by atoms with Gasteiger partial charge < -0.3 is 20.1 Å². The first-order valence-corrected chi connectivity index (χ1v) is 10.1. The number of hydrogen-bond acceptors (Lipinski definition) is 4. The van der Waals surface area contributed by atoms with Gasteiger partial charge in [-0.2, -0.15) is 0 Å². The third kappa shape index (κ3) is 5.73. The highest BCUT2D eigenvalue weighted by Crippen LogP contribution is 2.29. The largest absolute Gasteiger partial charge is 0.482 e. The van der Waals surface area contributed by atoms with Crippen molar-refractivity contribution in [3.05, 3.63) is 58.6 Å². The molecule has 158 valence electrons. The van der Waals surface area contributed by atoms with E-state index in [1.165, 1.54) is 4.90 Å². The summed E-state index contributed by atoms with van der Waals surface area (Å²) in [6, 6.07) is 12.3. The minimum absolute atomic E-state index is 0.0309. The van der Waals surface area contributed by atoms with Crippen LogP contribution >= 0.6 is 11.6 Å². The van der Waals surface area contributed by atoms with Crippen LogP contribution in [0.2, 0.25) is 5.02 Å². The zero-order chi connectivity index (χ0) is 21.5. The Bertz CT molecular complexity index is 947. The quantitative estimate of drug-likeness (QED) is 0.458. The van der Waals surface area contributed by atoms with E-state index in [0.29, 0.717) is 60.8 Å². The summed E-state index contributed by atoms with van der Waals surface area (Å²) in [5.41, 5.74) is 1.89. The van der Waals surface area contributed by atoms with Crippen LogP contribution in [-0.2, 0) is 11.2 Å². The molecule has 1 aliphatic rings. The molecule has 3 rings (SSSR count). The monoisotopic (exact) mass is 430 g/mol. The lowest BCUT2D eigenvalue weighted by atomic mass is 10.0. The summed E-state index contributed by atoms with van der Waals surface area (Å²) in [6.45, 7) is 0.662. The summed E-state index contributed by atoms with van der Waals surface area (Å²) in [5, 5.41) is 12.7. The number of nitrogens with zero attached hydrogens (tertiary/aromatic N) is 1. The summed E-state index contributed by atoms with van der Waals surface area (Å²) in [4.78, 5) is 36.7. The van der Waals surface area contributed by atoms with Gasteiger partial charge in [0.25, 0.3) is 5.91 Å². The summed E-state index contributed by atoms with van der Waals surface area (Å²) in [5.74, 6) is 0.231. The second-order valence-electron chi connectivity index (χ2n) is 7.04. The van der Waals surface area contributed by atoms with Crippen LogP contribution in [0.15, 0.2) is 42.5 Å². The number of nitrogens with one attached hydrogen (secondary N) is 1. The molecule has 0 radical (unpaired) electrons. The van der Waals surface area contributed by atoms with Gasteiger partial charge in [-0.25, -0.2) is 4.79 Å². The molecule has 0 unspecified atom stereocenters. The number of carbonyl (C=O) groups excluding carboxylic acids is 2. The van der Waals surface area contributed by atoms with Gasteiger partial charge in [-0.05, 0) is 49.1 Å². The number of carboxylic acid groups (broad SMARTS) is 1. The molecule has 0 saturated heterocycles. The van der Waals surface area contributed by atoms with Gasteiger partial charge in [0.15, 0.2) is 12.4 Å². The first-order chi connectivity index (χ1) is 14.4. The van der Waals surface area contributed by atoms with E-state index in [0.717, 1.165) is 5.56 Å². The van der Waals surface area contributed by atoms with Crippen LogP contribution < -0.4 is 10.1 Å². The van der Waals surface area contributed by atoms with E-state index in [1.807, 2.05) is 18.2 Å². The molecule has 30 heavy (non-hydrogen) atoms. The second kappa shape index (κ2) is 10.1. The number of Topliss-reactive ketones (excluding diaryl/α,β-unsaturated/α-hetero) is 1. The summed E-state index contributed by atoms with van der Waals surface area (Å²) < 4.78 is 5.29. The van der Waals surface area contributed by atoms with Crippen molar-refractivity contribution in [2.75, 3.05) is 25.0 Å². The Kier molecular flexibility index (Phi) is 7.30. The molecule has 2 aromatic carbocycles. The van der Waals surface area contributed by atoms with E-state index in [1.54, 1.807) is 24.3 Å². The Balaban J connectivity index is 1.46. The average molecular weight is 431 g/mol. The molecule has 0 aliphatic carbocycles. The molecule has 0 fully saturated rings. The Morgan fingerprint density at radius 2 is 1.93 bits per heavy atom. The first kappa shape index (κ1) is 21.6. The van der Waals surface area contributed by atoms with Crippen LogP contribution in [0.1, 0.15) is 35.2 Å². The van der Waals surface area contributed by atoms with Crippen LogP contribution in [0.25, 0.3) is 0 Å². The molecule has 1 aliphatic heterocycles. The third-order valence-corrected chi connectivity index (χ3v) is 5.26. The zero-order valence-electron chi connectivity index (χ0n) is 16.4. The number of amides is 2. The lowest BCUT2D eigenvalue weighted by Crippen LogP contribution is -2.32. The molecule has 7 nitrogen and oxygen atoms in total. The van der Waals surface area contributed by atoms with Crippen LogP contribution in [0.4, 0.5) is 10.5 Å². The van der Waals surface area contributed by atoms with Gasteiger partial charge in [0.2, 0.25) is 0 Å². The lowest BCUT2D eigenvalue weighted by molar-refractivity contribution is -0.118. The number of benzene rings is 2. The molecule has 1 heterocycles. The number of rotatable bonds is 9. The number of fused-ring (bicyclic) bond motifs is 1. The predicted molar refractivity (Wildman–Crippen MR) is 114 cm³/mol. The standard InChI is InChI=1S/C22H23ClN2O5/c23-17-6-2-1-5-15(17)10-12-25(22(28)29)11-4-3-7-19(26)16-8-9-20-18(13-16)24-21(27)14-30-20/h1-2,5-6,8-9,13H,3-4,7,10-12,14H2,(H,24,27)(H,28,29). The molecule has 8 heteroatoms. The molecule has 2 N–H and O–H groups in total. The van der Waals surface area contributed by atoms with Crippen molar-refractivity contribution in [2.45, 2.75) is 25.7 Å². The molecule has 2 aromatic rings. The topological polar surface area (TPSA) is 95.9 Å². The maximum atomic E-state index is 12.4. The van der Waals surface area contributed by atoms with Crippen molar-refractivity contribution in [1.82, 2.24) is 4.90 Å². The van der Waals surface area contributed by atoms with Crippen molar-refractivity contribution in [3.63, 3.8) is 0 Å². The van der Waals surface area contributed by atoms with Gasteiger partial charge in [0.05, 0.1) is 5.69 Å². The molecule has 0 spiro atoms. The summed E-state index contributed by atoms with van der Waals surface area (Å²) in [6.07, 6.45) is 0.984. The van der Waals surface area contributed by atoms with Crippen molar-refractivity contribution >= 4 is 35.1 Å².